The number of nitrogens with two attached hydrogens (primary N) is 1. The topological polar surface area (TPSA) is 51.8 Å². The van der Waals surface area contributed by atoms with Crippen molar-refractivity contribution in [3.63, 3.8) is 0 Å². The van der Waals surface area contributed by atoms with Crippen molar-refractivity contribution < 1.29 is 0 Å². The van der Waals surface area contributed by atoms with Crippen molar-refractivity contribution in [2.24, 2.45) is 0 Å². The standard InChI is InChI=1S/C9H8BrN3S2/c10-8-3-7(11)2-1-6(8)4-14-9-13-12-5-15-9/h1-3,5H,4,11H2. The van der Waals surface area contributed by atoms with E-state index in [0.29, 0.717) is 0 Å². The third-order valence-electron chi connectivity index (χ3n) is 1.77. The van der Waals surface area contributed by atoms with E-state index in [1.165, 1.54) is 5.56 Å². The lowest BCUT2D eigenvalue weighted by Crippen LogP contribution is -1.88. The van der Waals surface area contributed by atoms with Gasteiger partial charge >= 0.3 is 0 Å². The normalized spacial score (nSPS) is 10.5. The maximum Gasteiger partial charge on any atom is 0.174 e. The van der Waals surface area contributed by atoms with Crippen LogP contribution in [0.5, 0.6) is 0 Å². The van der Waals surface area contributed by atoms with Gasteiger partial charge in [0.1, 0.15) is 5.51 Å². The fraction of sp³-hybridized carbons (Fsp3) is 0.111. The summed E-state index contributed by atoms with van der Waals surface area (Å²) in [6.45, 7) is 0. The van der Waals surface area contributed by atoms with E-state index in [2.05, 4.69) is 26.1 Å². The minimum Gasteiger partial charge on any atom is -0.399 e. The summed E-state index contributed by atoms with van der Waals surface area (Å²) in [4.78, 5) is 0. The van der Waals surface area contributed by atoms with Gasteiger partial charge in [0.05, 0.1) is 0 Å². The predicted octanol–water partition coefficient (Wildman–Crippen LogP) is 3.18. The summed E-state index contributed by atoms with van der Waals surface area (Å²) in [5, 5.41) is 7.76. The highest BCUT2D eigenvalue weighted by molar-refractivity contribution is 9.10. The monoisotopic (exact) mass is 301 g/mol. The Morgan fingerprint density at radius 1 is 1.47 bits per heavy atom. The molecule has 1 aromatic heterocycles. The molecule has 2 aromatic rings. The van der Waals surface area contributed by atoms with Crippen molar-refractivity contribution in [1.82, 2.24) is 10.2 Å². The van der Waals surface area contributed by atoms with E-state index < -0.39 is 0 Å². The lowest BCUT2D eigenvalue weighted by Gasteiger charge is -2.03. The number of halogens is 1. The molecule has 2 N–H and O–H groups in total. The van der Waals surface area contributed by atoms with Crippen LogP contribution in [-0.2, 0) is 5.75 Å². The van der Waals surface area contributed by atoms with E-state index in [1.54, 1.807) is 28.6 Å². The second-order valence-electron chi connectivity index (χ2n) is 2.84. The fourth-order valence-electron chi connectivity index (χ4n) is 1.05. The van der Waals surface area contributed by atoms with Gasteiger partial charge < -0.3 is 5.73 Å². The summed E-state index contributed by atoms with van der Waals surface area (Å²) in [6.07, 6.45) is 0. The molecule has 0 bridgehead atoms. The number of hydrogen-bond acceptors (Lipinski definition) is 5. The molecule has 0 unspecified atom stereocenters. The van der Waals surface area contributed by atoms with Gasteiger partial charge in [-0.05, 0) is 17.7 Å². The molecule has 0 fully saturated rings. The highest BCUT2D eigenvalue weighted by Gasteiger charge is 2.03. The van der Waals surface area contributed by atoms with E-state index >= 15 is 0 Å². The van der Waals surface area contributed by atoms with Crippen LogP contribution in [0, 0.1) is 0 Å². The smallest absolute Gasteiger partial charge is 0.174 e. The van der Waals surface area contributed by atoms with Gasteiger partial charge in [0.25, 0.3) is 0 Å². The number of anilines is 1. The summed E-state index contributed by atoms with van der Waals surface area (Å²) in [5.74, 6) is 0.871. The van der Waals surface area contributed by atoms with Crippen molar-refractivity contribution in [1.29, 1.82) is 0 Å². The second kappa shape index (κ2) is 4.96. The molecular weight excluding hydrogens is 294 g/mol. The van der Waals surface area contributed by atoms with Crippen LogP contribution >= 0.6 is 39.0 Å². The zero-order chi connectivity index (χ0) is 10.7. The molecule has 6 heteroatoms. The summed E-state index contributed by atoms with van der Waals surface area (Å²) < 4.78 is 2.03. The number of thioether (sulfide) groups is 1. The van der Waals surface area contributed by atoms with Crippen molar-refractivity contribution in [2.45, 2.75) is 10.1 Å². The quantitative estimate of drug-likeness (QED) is 0.699. The highest BCUT2D eigenvalue weighted by atomic mass is 79.9. The minimum absolute atomic E-state index is 0.770. The molecule has 0 spiro atoms. The van der Waals surface area contributed by atoms with Crippen molar-refractivity contribution in [3.8, 4) is 0 Å². The van der Waals surface area contributed by atoms with Gasteiger partial charge in [-0.15, -0.1) is 10.2 Å². The van der Waals surface area contributed by atoms with Gasteiger partial charge in [0, 0.05) is 15.9 Å². The van der Waals surface area contributed by atoms with Crippen LogP contribution < -0.4 is 5.73 Å². The number of nitrogens with zero attached hydrogens (tertiary/aromatic N) is 2. The summed E-state index contributed by atoms with van der Waals surface area (Å²) in [6, 6.07) is 5.84. The van der Waals surface area contributed by atoms with Crippen LogP contribution in [0.15, 0.2) is 32.5 Å². The number of nitrogen functional groups attached to an aromatic ring is 1. The van der Waals surface area contributed by atoms with E-state index in [-0.39, 0.29) is 0 Å². The largest absolute Gasteiger partial charge is 0.399 e. The van der Waals surface area contributed by atoms with E-state index in [1.807, 2.05) is 18.2 Å². The van der Waals surface area contributed by atoms with Crippen LogP contribution in [0.25, 0.3) is 0 Å². The first kappa shape index (κ1) is 10.9. The zero-order valence-corrected chi connectivity index (χ0v) is 10.9. The Hall–Kier alpha value is -0.590. The number of rotatable bonds is 3. The Kier molecular flexibility index (Phi) is 3.61. The molecule has 0 amide bonds. The van der Waals surface area contributed by atoms with Gasteiger partial charge in [0.2, 0.25) is 0 Å². The zero-order valence-electron chi connectivity index (χ0n) is 7.68. The Labute approximate surface area is 104 Å². The maximum atomic E-state index is 5.66. The molecule has 0 saturated heterocycles. The van der Waals surface area contributed by atoms with Crippen LogP contribution in [-0.4, -0.2) is 10.2 Å². The molecule has 78 valence electrons. The second-order valence-corrected chi connectivity index (χ2v) is 5.75. The van der Waals surface area contributed by atoms with Crippen LogP contribution in [0.4, 0.5) is 5.69 Å². The number of hydrogen-bond donors (Lipinski definition) is 1. The summed E-state index contributed by atoms with van der Waals surface area (Å²) in [5.41, 5.74) is 9.38. The third kappa shape index (κ3) is 2.93. The molecule has 1 heterocycles. The first-order valence-corrected chi connectivity index (χ1v) is 6.84. The van der Waals surface area contributed by atoms with Gasteiger partial charge in [-0.1, -0.05) is 45.1 Å². The maximum absolute atomic E-state index is 5.66. The van der Waals surface area contributed by atoms with Crippen molar-refractivity contribution >= 4 is 44.7 Å². The first-order chi connectivity index (χ1) is 7.25. The molecule has 0 atom stereocenters. The summed E-state index contributed by atoms with van der Waals surface area (Å²) >= 11 is 6.71. The molecule has 0 aliphatic rings. The molecule has 15 heavy (non-hydrogen) atoms. The van der Waals surface area contributed by atoms with Crippen LogP contribution in [0.3, 0.4) is 0 Å². The average molecular weight is 302 g/mol. The Morgan fingerprint density at radius 3 is 3.00 bits per heavy atom. The van der Waals surface area contributed by atoms with Gasteiger partial charge in [-0.3, -0.25) is 0 Å². The molecule has 0 radical (unpaired) electrons. The molecule has 3 nitrogen and oxygen atoms in total. The van der Waals surface area contributed by atoms with Crippen molar-refractivity contribution in [2.75, 3.05) is 5.73 Å². The Balaban J connectivity index is 2.05. The number of aromatic nitrogens is 2. The SMILES string of the molecule is Nc1ccc(CSc2nncs2)c(Br)c1. The predicted molar refractivity (Wildman–Crippen MR) is 68.0 cm³/mol. The molecule has 0 aliphatic heterocycles. The third-order valence-corrected chi connectivity index (χ3v) is 4.42. The van der Waals surface area contributed by atoms with E-state index in [4.69, 9.17) is 5.73 Å². The molecule has 2 rings (SSSR count). The Bertz CT molecular complexity index is 445. The minimum atomic E-state index is 0.770. The Morgan fingerprint density at radius 2 is 2.33 bits per heavy atom. The molecule has 0 saturated carbocycles. The first-order valence-electron chi connectivity index (χ1n) is 4.18. The van der Waals surface area contributed by atoms with E-state index in [9.17, 15) is 0 Å². The van der Waals surface area contributed by atoms with Gasteiger partial charge in [-0.25, -0.2) is 0 Å². The van der Waals surface area contributed by atoms with Crippen LogP contribution in [0.1, 0.15) is 5.56 Å². The number of benzene rings is 1. The van der Waals surface area contributed by atoms with Gasteiger partial charge in [-0.2, -0.15) is 0 Å². The molecule has 0 aliphatic carbocycles. The van der Waals surface area contributed by atoms with Gasteiger partial charge in [0.15, 0.2) is 4.34 Å². The highest BCUT2D eigenvalue weighted by Crippen LogP contribution is 2.28. The summed E-state index contributed by atoms with van der Waals surface area (Å²) in [7, 11) is 0. The lowest BCUT2D eigenvalue weighted by molar-refractivity contribution is 1.01. The fourth-order valence-corrected chi connectivity index (χ4v) is 3.26. The lowest BCUT2D eigenvalue weighted by atomic mass is 10.2. The average Bonchev–Trinajstić information content (AvgIpc) is 2.69. The molecular formula is C9H8BrN3S2. The van der Waals surface area contributed by atoms with E-state index in [0.717, 1.165) is 20.3 Å². The molecule has 1 aromatic carbocycles. The van der Waals surface area contributed by atoms with Crippen LogP contribution in [0.2, 0.25) is 0 Å². The van der Waals surface area contributed by atoms with Crippen molar-refractivity contribution in [3.05, 3.63) is 33.7 Å².